The summed E-state index contributed by atoms with van der Waals surface area (Å²) in [5, 5.41) is 4.23. The molecule has 2 atom stereocenters. The first-order chi connectivity index (χ1) is 11.2. The van der Waals surface area contributed by atoms with Gasteiger partial charge in [-0.25, -0.2) is 0 Å². The third-order valence-corrected chi connectivity index (χ3v) is 4.58. The molecule has 0 aliphatic carbocycles. The molecule has 2 aromatic heterocycles. The summed E-state index contributed by atoms with van der Waals surface area (Å²) in [6.07, 6.45) is 4.84. The van der Waals surface area contributed by atoms with Crippen molar-refractivity contribution >= 4 is 17.3 Å². The molecule has 23 heavy (non-hydrogen) atoms. The summed E-state index contributed by atoms with van der Waals surface area (Å²) in [6.45, 7) is 1.59. The lowest BCUT2D eigenvalue weighted by Crippen LogP contribution is -2.31. The molecule has 1 aliphatic heterocycles. The summed E-state index contributed by atoms with van der Waals surface area (Å²) in [4.78, 5) is 6.79. The maximum absolute atomic E-state index is 5.60. The fraction of sp³-hybridized carbons (Fsp3) is 0.412. The number of hydrogen-bond donors (Lipinski definition) is 1. The number of aryl methyl sites for hydroxylation is 1. The van der Waals surface area contributed by atoms with Crippen molar-refractivity contribution in [3.05, 3.63) is 54.1 Å². The number of nitrogens with zero attached hydrogens (tertiary/aromatic N) is 3. The molecule has 1 saturated heterocycles. The number of rotatable bonds is 6. The van der Waals surface area contributed by atoms with Gasteiger partial charge >= 0.3 is 0 Å². The van der Waals surface area contributed by atoms with Crippen LogP contribution < -0.4 is 5.32 Å². The van der Waals surface area contributed by atoms with Gasteiger partial charge < -0.3 is 19.5 Å². The second kappa shape index (κ2) is 7.10. The van der Waals surface area contributed by atoms with Gasteiger partial charge in [-0.1, -0.05) is 6.07 Å². The van der Waals surface area contributed by atoms with Gasteiger partial charge in [-0.2, -0.15) is 0 Å². The molecule has 1 aliphatic rings. The molecule has 0 saturated carbocycles. The van der Waals surface area contributed by atoms with Gasteiger partial charge in [0, 0.05) is 45.4 Å². The summed E-state index contributed by atoms with van der Waals surface area (Å²) >= 11 is 5.60. The number of hydrogen-bond acceptors (Lipinski definition) is 3. The summed E-state index contributed by atoms with van der Waals surface area (Å²) in [5.74, 6) is 0. The monoisotopic (exact) mass is 330 g/mol. The van der Waals surface area contributed by atoms with Crippen LogP contribution in [0.4, 0.5) is 0 Å². The van der Waals surface area contributed by atoms with Crippen LogP contribution in [-0.4, -0.2) is 39.8 Å². The van der Waals surface area contributed by atoms with Crippen LogP contribution in [0, 0.1) is 0 Å². The van der Waals surface area contributed by atoms with E-state index in [0.29, 0.717) is 0 Å². The Kier molecular flexibility index (Phi) is 4.93. The van der Waals surface area contributed by atoms with Crippen molar-refractivity contribution in [2.45, 2.75) is 18.5 Å². The van der Waals surface area contributed by atoms with E-state index in [1.165, 1.54) is 5.69 Å². The van der Waals surface area contributed by atoms with Gasteiger partial charge in [0.05, 0.1) is 17.8 Å². The Bertz CT molecular complexity index is 658. The van der Waals surface area contributed by atoms with Gasteiger partial charge in [-0.15, -0.1) is 0 Å². The van der Waals surface area contributed by atoms with E-state index >= 15 is 0 Å². The van der Waals surface area contributed by atoms with E-state index in [1.807, 2.05) is 18.3 Å². The molecule has 0 amide bonds. The van der Waals surface area contributed by atoms with E-state index in [9.17, 15) is 0 Å². The van der Waals surface area contributed by atoms with Crippen LogP contribution in [0.3, 0.4) is 0 Å². The van der Waals surface area contributed by atoms with Crippen molar-refractivity contribution in [1.29, 1.82) is 0 Å². The van der Waals surface area contributed by atoms with Crippen molar-refractivity contribution in [3.63, 3.8) is 0 Å². The Morgan fingerprint density at radius 2 is 2.17 bits per heavy atom. The SMILES string of the molecule is COCCCN1C(=S)N[C@@H](c2ccccn2)[C@H]1c1cccn1C. The van der Waals surface area contributed by atoms with Crippen molar-refractivity contribution in [2.75, 3.05) is 20.3 Å². The zero-order valence-electron chi connectivity index (χ0n) is 13.5. The number of ether oxygens (including phenoxy) is 1. The van der Waals surface area contributed by atoms with Gasteiger partial charge in [-0.3, -0.25) is 4.98 Å². The lowest BCUT2D eigenvalue weighted by molar-refractivity contribution is 0.179. The zero-order chi connectivity index (χ0) is 16.2. The Hall–Kier alpha value is -1.92. The van der Waals surface area contributed by atoms with Crippen molar-refractivity contribution in [1.82, 2.24) is 19.8 Å². The average Bonchev–Trinajstić information content (AvgIpc) is 3.12. The first-order valence-corrected chi connectivity index (χ1v) is 8.21. The Morgan fingerprint density at radius 3 is 2.83 bits per heavy atom. The van der Waals surface area contributed by atoms with Gasteiger partial charge in [0.1, 0.15) is 0 Å². The molecule has 0 bridgehead atoms. The third-order valence-electron chi connectivity index (χ3n) is 4.23. The van der Waals surface area contributed by atoms with Crippen molar-refractivity contribution < 1.29 is 4.74 Å². The normalized spacial score (nSPS) is 20.8. The highest BCUT2D eigenvalue weighted by atomic mass is 32.1. The minimum Gasteiger partial charge on any atom is -0.385 e. The van der Waals surface area contributed by atoms with Crippen LogP contribution in [-0.2, 0) is 11.8 Å². The molecule has 0 radical (unpaired) electrons. The van der Waals surface area contributed by atoms with Crippen LogP contribution in [0.25, 0.3) is 0 Å². The maximum atomic E-state index is 5.60. The highest BCUT2D eigenvalue weighted by Gasteiger charge is 2.40. The van der Waals surface area contributed by atoms with Gasteiger partial charge in [0.2, 0.25) is 0 Å². The van der Waals surface area contributed by atoms with E-state index in [0.717, 1.165) is 30.4 Å². The first-order valence-electron chi connectivity index (χ1n) is 7.80. The summed E-state index contributed by atoms with van der Waals surface area (Å²) < 4.78 is 7.34. The molecule has 0 aromatic carbocycles. The quantitative estimate of drug-likeness (QED) is 0.651. The second-order valence-corrected chi connectivity index (χ2v) is 6.10. The van der Waals surface area contributed by atoms with E-state index in [4.69, 9.17) is 17.0 Å². The van der Waals surface area contributed by atoms with Gasteiger partial charge in [0.15, 0.2) is 5.11 Å². The van der Waals surface area contributed by atoms with E-state index in [-0.39, 0.29) is 12.1 Å². The summed E-state index contributed by atoms with van der Waals surface area (Å²) in [6, 6.07) is 10.4. The largest absolute Gasteiger partial charge is 0.385 e. The number of thiocarbonyl (C=S) groups is 1. The standard InChI is InChI=1S/C17H22N4OS/c1-20-10-5-8-14(20)16-15(13-7-3-4-9-18-13)19-17(23)21(16)11-6-12-22-2/h3-5,7-10,15-16H,6,11-12H2,1-2H3,(H,19,23)/t15-,16+/m0/s1. The lowest BCUT2D eigenvalue weighted by atomic mass is 10.0. The van der Waals surface area contributed by atoms with E-state index in [1.54, 1.807) is 7.11 Å². The van der Waals surface area contributed by atoms with Crippen LogP contribution in [0.15, 0.2) is 42.7 Å². The minimum absolute atomic E-state index is 0.0554. The molecule has 3 heterocycles. The molecule has 0 spiro atoms. The smallest absolute Gasteiger partial charge is 0.170 e. The number of aromatic nitrogens is 2. The molecule has 1 fully saturated rings. The summed E-state index contributed by atoms with van der Waals surface area (Å²) in [7, 11) is 3.80. The fourth-order valence-electron chi connectivity index (χ4n) is 3.13. The molecule has 5 nitrogen and oxygen atoms in total. The van der Waals surface area contributed by atoms with E-state index in [2.05, 4.69) is 51.2 Å². The number of methoxy groups -OCH3 is 1. The highest BCUT2D eigenvalue weighted by Crippen LogP contribution is 2.38. The molecular weight excluding hydrogens is 308 g/mol. The third kappa shape index (κ3) is 3.23. The molecule has 122 valence electrons. The maximum Gasteiger partial charge on any atom is 0.170 e. The van der Waals surface area contributed by atoms with E-state index < -0.39 is 0 Å². The predicted molar refractivity (Wildman–Crippen MR) is 94.1 cm³/mol. The number of pyridine rings is 1. The Labute approximate surface area is 142 Å². The zero-order valence-corrected chi connectivity index (χ0v) is 14.3. The minimum atomic E-state index is 0.0554. The molecule has 3 rings (SSSR count). The average molecular weight is 330 g/mol. The molecule has 2 aromatic rings. The van der Waals surface area contributed by atoms with Crippen LogP contribution in [0.1, 0.15) is 29.9 Å². The van der Waals surface area contributed by atoms with Gasteiger partial charge in [0.25, 0.3) is 0 Å². The fourth-order valence-corrected chi connectivity index (χ4v) is 3.46. The number of nitrogens with one attached hydrogen (secondary N) is 1. The Morgan fingerprint density at radius 1 is 1.30 bits per heavy atom. The van der Waals surface area contributed by atoms with Crippen molar-refractivity contribution in [2.24, 2.45) is 7.05 Å². The molecule has 0 unspecified atom stereocenters. The van der Waals surface area contributed by atoms with Crippen LogP contribution in [0.2, 0.25) is 0 Å². The molecular formula is C17H22N4OS. The van der Waals surface area contributed by atoms with Crippen LogP contribution >= 0.6 is 12.2 Å². The topological polar surface area (TPSA) is 42.3 Å². The molecule has 1 N–H and O–H groups in total. The first kappa shape index (κ1) is 16.0. The van der Waals surface area contributed by atoms with Gasteiger partial charge in [-0.05, 0) is 42.9 Å². The van der Waals surface area contributed by atoms with Crippen molar-refractivity contribution in [3.8, 4) is 0 Å². The second-order valence-electron chi connectivity index (χ2n) is 5.71. The highest BCUT2D eigenvalue weighted by molar-refractivity contribution is 7.80. The summed E-state index contributed by atoms with van der Waals surface area (Å²) in [5.41, 5.74) is 2.24. The Balaban J connectivity index is 1.93. The van der Waals surface area contributed by atoms with Crippen LogP contribution in [0.5, 0.6) is 0 Å². The molecule has 6 heteroatoms. The predicted octanol–water partition coefficient (Wildman–Crippen LogP) is 2.43. The lowest BCUT2D eigenvalue weighted by Gasteiger charge is -2.28.